The Morgan fingerprint density at radius 1 is 1.24 bits per heavy atom. The normalized spacial score (nSPS) is 35.7. The second-order valence-corrected chi connectivity index (χ2v) is 9.21. The number of nitrogens with zero attached hydrogens (tertiary/aromatic N) is 1. The summed E-state index contributed by atoms with van der Waals surface area (Å²) in [7, 11) is -0.680. The Balaban J connectivity index is 0.00000300. The van der Waals surface area contributed by atoms with Crippen LogP contribution in [0.4, 0.5) is 5.69 Å². The summed E-state index contributed by atoms with van der Waals surface area (Å²) < 4.78 is 11.0. The highest BCUT2D eigenvalue weighted by Gasteiger charge is 2.51. The van der Waals surface area contributed by atoms with Gasteiger partial charge in [-0.15, -0.1) is 12.4 Å². The number of halogens is 1. The summed E-state index contributed by atoms with van der Waals surface area (Å²) in [5.41, 5.74) is -0.0135. The van der Waals surface area contributed by atoms with Gasteiger partial charge in [0.2, 0.25) is 0 Å². The van der Waals surface area contributed by atoms with Crippen molar-refractivity contribution in [3.05, 3.63) is 39.9 Å². The van der Waals surface area contributed by atoms with Crippen LogP contribution in [0.1, 0.15) is 11.9 Å². The predicted octanol–water partition coefficient (Wildman–Crippen LogP) is -1.13. The summed E-state index contributed by atoms with van der Waals surface area (Å²) in [6.45, 7) is -0.509. The number of nitro groups is 1. The van der Waals surface area contributed by atoms with Gasteiger partial charge in [0.1, 0.15) is 42.0 Å². The fraction of sp³-hybridized carbons (Fsp3) is 0.647. The number of ether oxygens (including phenoxy) is 2. The lowest BCUT2D eigenvalue weighted by Crippen LogP contribution is -2.50. The van der Waals surface area contributed by atoms with Crippen molar-refractivity contribution in [3.8, 4) is 0 Å². The van der Waals surface area contributed by atoms with E-state index in [1.165, 1.54) is 18.2 Å². The predicted molar refractivity (Wildman–Crippen MR) is 106 cm³/mol. The van der Waals surface area contributed by atoms with Gasteiger partial charge in [-0.1, -0.05) is 12.1 Å². The minimum Gasteiger partial charge on any atom is -0.391 e. The first-order valence-electron chi connectivity index (χ1n) is 8.83. The zero-order valence-electron chi connectivity index (χ0n) is 15.3. The van der Waals surface area contributed by atoms with Gasteiger partial charge in [-0.2, -0.15) is 0 Å². The molecule has 0 aromatic heterocycles. The van der Waals surface area contributed by atoms with Crippen molar-refractivity contribution >= 4 is 29.0 Å². The van der Waals surface area contributed by atoms with Crippen LogP contribution < -0.4 is 0 Å². The molecule has 0 saturated carbocycles. The summed E-state index contributed by atoms with van der Waals surface area (Å²) in [5.74, 6) is 0.334. The average molecular weight is 455 g/mol. The molecule has 3 rings (SSSR count). The third-order valence-electron chi connectivity index (χ3n) is 5.00. The number of hydrogen-bond acceptors (Lipinski definition) is 9. The van der Waals surface area contributed by atoms with E-state index in [-0.39, 0.29) is 48.4 Å². The van der Waals surface area contributed by atoms with Gasteiger partial charge in [-0.25, -0.2) is 0 Å². The number of para-hydroxylation sites is 1. The third-order valence-corrected chi connectivity index (χ3v) is 7.82. The summed E-state index contributed by atoms with van der Waals surface area (Å²) in [6.07, 6.45) is -6.56. The van der Waals surface area contributed by atoms with Crippen LogP contribution in [0.5, 0.6) is 0 Å². The van der Waals surface area contributed by atoms with E-state index in [1.54, 1.807) is 6.07 Å². The molecular formula is C17H25ClNO9S+. The molecule has 0 radical (unpaired) electrons. The summed E-state index contributed by atoms with van der Waals surface area (Å²) in [6, 6.07) is 5.91. The SMILES string of the molecule is Cl.O=[N+]([O-])c1ccccc1C1OC[C@@H](O)[C@@H]([C@H](O)C[S+]2C[C@@H](O)[C@H](O)[C@H]2CO)O1. The Hall–Kier alpha value is -1.02. The molecule has 2 aliphatic rings. The van der Waals surface area contributed by atoms with Gasteiger partial charge in [0.15, 0.2) is 11.5 Å². The molecule has 1 aromatic carbocycles. The molecule has 0 aliphatic carbocycles. The molecule has 2 saturated heterocycles. The van der Waals surface area contributed by atoms with E-state index in [4.69, 9.17) is 9.47 Å². The quantitative estimate of drug-likeness (QED) is 0.203. The number of nitro benzene ring substituents is 1. The molecule has 1 aromatic rings. The molecule has 0 spiro atoms. The zero-order chi connectivity index (χ0) is 20.4. The Morgan fingerprint density at radius 2 is 1.93 bits per heavy atom. The molecular weight excluding hydrogens is 430 g/mol. The number of hydrogen-bond donors (Lipinski definition) is 5. The van der Waals surface area contributed by atoms with Crippen LogP contribution >= 0.6 is 12.4 Å². The van der Waals surface area contributed by atoms with Gasteiger partial charge in [0.25, 0.3) is 5.69 Å². The van der Waals surface area contributed by atoms with Crippen LogP contribution in [0.3, 0.4) is 0 Å². The second-order valence-electron chi connectivity index (χ2n) is 6.87. The highest BCUT2D eigenvalue weighted by Crippen LogP contribution is 2.34. The van der Waals surface area contributed by atoms with E-state index >= 15 is 0 Å². The van der Waals surface area contributed by atoms with Crippen molar-refractivity contribution in [2.45, 2.75) is 42.1 Å². The van der Waals surface area contributed by atoms with Crippen molar-refractivity contribution in [1.29, 1.82) is 0 Å². The molecule has 2 unspecified atom stereocenters. The molecule has 2 aliphatic heterocycles. The minimum atomic E-state index is -1.17. The standard InChI is InChI=1S/C17H24NO9S.ClH/c19-5-14-15(23)12(21)7-28(14)8-13(22)16-11(20)6-26-17(27-16)9-3-1-2-4-10(9)18(24)25;/h1-4,11-17,19-23H,5-8H2;1H/q+1;/t11-,12-,13-,14-,15+,16+,17?,28?;/m1./s1. The molecule has 0 bridgehead atoms. The first-order chi connectivity index (χ1) is 13.3. The van der Waals surface area contributed by atoms with E-state index in [9.17, 15) is 35.6 Å². The van der Waals surface area contributed by atoms with Gasteiger partial charge in [0.05, 0.1) is 23.7 Å². The summed E-state index contributed by atoms with van der Waals surface area (Å²) >= 11 is 0. The maximum atomic E-state index is 11.2. The molecule has 8 atom stereocenters. The Kier molecular flexibility index (Phi) is 8.64. The van der Waals surface area contributed by atoms with E-state index < -0.39 is 57.9 Å². The van der Waals surface area contributed by atoms with Crippen LogP contribution in [0.15, 0.2) is 24.3 Å². The Morgan fingerprint density at radius 3 is 2.59 bits per heavy atom. The fourth-order valence-corrected chi connectivity index (χ4v) is 6.20. The van der Waals surface area contributed by atoms with E-state index in [2.05, 4.69) is 0 Å². The van der Waals surface area contributed by atoms with Gasteiger partial charge in [-0.3, -0.25) is 10.1 Å². The monoisotopic (exact) mass is 454 g/mol. The van der Waals surface area contributed by atoms with Crippen LogP contribution in [0.25, 0.3) is 0 Å². The fourth-order valence-electron chi connectivity index (χ4n) is 3.52. The topological polar surface area (TPSA) is 163 Å². The molecule has 29 heavy (non-hydrogen) atoms. The lowest BCUT2D eigenvalue weighted by atomic mass is 10.1. The average Bonchev–Trinajstić information content (AvgIpc) is 2.94. The van der Waals surface area contributed by atoms with Crippen molar-refractivity contribution in [2.75, 3.05) is 24.7 Å². The molecule has 2 heterocycles. The zero-order valence-corrected chi connectivity index (χ0v) is 16.9. The van der Waals surface area contributed by atoms with Crippen LogP contribution in [-0.2, 0) is 20.4 Å². The highest BCUT2D eigenvalue weighted by atomic mass is 35.5. The number of benzene rings is 1. The number of aliphatic hydroxyl groups is 5. The summed E-state index contributed by atoms with van der Waals surface area (Å²) in [5, 5.41) is 60.7. The van der Waals surface area contributed by atoms with Crippen molar-refractivity contribution < 1.29 is 39.9 Å². The molecule has 10 nitrogen and oxygen atoms in total. The minimum absolute atomic E-state index is 0. The van der Waals surface area contributed by atoms with E-state index in [0.29, 0.717) is 0 Å². The van der Waals surface area contributed by atoms with Crippen molar-refractivity contribution in [1.82, 2.24) is 0 Å². The molecule has 164 valence electrons. The summed E-state index contributed by atoms with van der Waals surface area (Å²) in [4.78, 5) is 10.7. The molecule has 2 fully saturated rings. The first kappa shape index (κ1) is 24.3. The van der Waals surface area contributed by atoms with Crippen LogP contribution in [0, 0.1) is 10.1 Å². The maximum Gasteiger partial charge on any atom is 0.277 e. The number of aliphatic hydroxyl groups excluding tert-OH is 5. The maximum absolute atomic E-state index is 11.2. The second kappa shape index (κ2) is 10.3. The van der Waals surface area contributed by atoms with Crippen molar-refractivity contribution in [3.63, 3.8) is 0 Å². The van der Waals surface area contributed by atoms with Crippen molar-refractivity contribution in [2.24, 2.45) is 0 Å². The molecule has 0 amide bonds. The van der Waals surface area contributed by atoms with E-state index in [1.807, 2.05) is 0 Å². The van der Waals surface area contributed by atoms with Gasteiger partial charge in [-0.05, 0) is 6.07 Å². The number of rotatable bonds is 6. The Labute approximate surface area is 176 Å². The third kappa shape index (κ3) is 5.19. The lowest BCUT2D eigenvalue weighted by molar-refractivity contribution is -0.388. The molecule has 12 heteroatoms. The lowest BCUT2D eigenvalue weighted by Gasteiger charge is -2.36. The van der Waals surface area contributed by atoms with Gasteiger partial charge < -0.3 is 35.0 Å². The van der Waals surface area contributed by atoms with Gasteiger partial charge in [0, 0.05) is 17.0 Å². The van der Waals surface area contributed by atoms with Crippen LogP contribution in [-0.4, -0.2) is 90.9 Å². The van der Waals surface area contributed by atoms with Crippen LogP contribution in [0.2, 0.25) is 0 Å². The first-order valence-corrected chi connectivity index (χ1v) is 10.5. The molecule has 5 N–H and O–H groups in total. The Bertz CT molecular complexity index is 699. The smallest absolute Gasteiger partial charge is 0.277 e. The van der Waals surface area contributed by atoms with E-state index in [0.717, 1.165) is 0 Å². The highest BCUT2D eigenvalue weighted by molar-refractivity contribution is 7.97. The largest absolute Gasteiger partial charge is 0.391 e. The van der Waals surface area contributed by atoms with Gasteiger partial charge >= 0.3 is 0 Å².